The zero-order chi connectivity index (χ0) is 12.8. The summed E-state index contributed by atoms with van der Waals surface area (Å²) in [6.45, 7) is 2.27. The van der Waals surface area contributed by atoms with E-state index in [-0.39, 0.29) is 0 Å². The van der Waals surface area contributed by atoms with Gasteiger partial charge in [0.15, 0.2) is 0 Å². The van der Waals surface area contributed by atoms with E-state index >= 15 is 0 Å². The summed E-state index contributed by atoms with van der Waals surface area (Å²) in [5, 5.41) is 4.79. The van der Waals surface area contributed by atoms with Crippen LogP contribution < -0.4 is 5.32 Å². The van der Waals surface area contributed by atoms with E-state index in [1.165, 1.54) is 44.0 Å². The third-order valence-electron chi connectivity index (χ3n) is 4.08. The Morgan fingerprint density at radius 2 is 2.11 bits per heavy atom. The number of nitrogens with zero attached hydrogens (tertiary/aromatic N) is 1. The predicted octanol–water partition coefficient (Wildman–Crippen LogP) is 3.94. The van der Waals surface area contributed by atoms with Gasteiger partial charge in [-0.3, -0.25) is 0 Å². The monoisotopic (exact) mass is 334 g/mol. The SMILES string of the molecule is Brc1ccc2c(c1)Cc1sc(C3CCNCC3)nc1-2. The number of halogens is 1. The molecular formula is C15H15BrN2S. The molecule has 4 rings (SSSR count). The smallest absolute Gasteiger partial charge is 0.0967 e. The van der Waals surface area contributed by atoms with Crippen LogP contribution in [-0.2, 0) is 6.42 Å². The van der Waals surface area contributed by atoms with Crippen LogP contribution in [0.1, 0.15) is 34.2 Å². The lowest BCUT2D eigenvalue weighted by Crippen LogP contribution is -2.26. The highest BCUT2D eigenvalue weighted by Gasteiger charge is 2.26. The van der Waals surface area contributed by atoms with E-state index in [1.54, 1.807) is 0 Å². The number of fused-ring (bicyclic) bond motifs is 3. The average molecular weight is 335 g/mol. The molecule has 0 bridgehead atoms. The molecule has 4 heteroatoms. The lowest BCUT2D eigenvalue weighted by molar-refractivity contribution is 0.459. The molecule has 98 valence electrons. The molecule has 0 atom stereocenters. The zero-order valence-corrected chi connectivity index (χ0v) is 13.0. The third-order valence-corrected chi connectivity index (χ3v) is 5.79. The van der Waals surface area contributed by atoms with Crippen molar-refractivity contribution in [2.75, 3.05) is 13.1 Å². The van der Waals surface area contributed by atoms with Crippen molar-refractivity contribution in [3.8, 4) is 11.3 Å². The fourth-order valence-electron chi connectivity index (χ4n) is 3.06. The summed E-state index contributed by atoms with van der Waals surface area (Å²) < 4.78 is 1.17. The van der Waals surface area contributed by atoms with Crippen molar-refractivity contribution in [2.45, 2.75) is 25.2 Å². The van der Waals surface area contributed by atoms with Crippen LogP contribution in [-0.4, -0.2) is 18.1 Å². The quantitative estimate of drug-likeness (QED) is 0.728. The van der Waals surface area contributed by atoms with Crippen LogP contribution in [0.5, 0.6) is 0 Å². The molecule has 0 spiro atoms. The highest BCUT2D eigenvalue weighted by Crippen LogP contribution is 2.43. The first kappa shape index (κ1) is 12.1. The van der Waals surface area contributed by atoms with Crippen molar-refractivity contribution in [3.63, 3.8) is 0 Å². The van der Waals surface area contributed by atoms with Crippen LogP contribution in [0.4, 0.5) is 0 Å². The van der Waals surface area contributed by atoms with Crippen molar-refractivity contribution in [1.82, 2.24) is 10.3 Å². The Kier molecular flexibility index (Phi) is 2.98. The van der Waals surface area contributed by atoms with Crippen LogP contribution in [0.2, 0.25) is 0 Å². The van der Waals surface area contributed by atoms with Crippen molar-refractivity contribution in [1.29, 1.82) is 0 Å². The summed E-state index contributed by atoms with van der Waals surface area (Å²) in [6.07, 6.45) is 3.53. The lowest BCUT2D eigenvalue weighted by atomic mass is 9.99. The molecule has 2 aliphatic rings. The van der Waals surface area contributed by atoms with Crippen LogP contribution in [0.15, 0.2) is 22.7 Å². The lowest BCUT2D eigenvalue weighted by Gasteiger charge is -2.20. The van der Waals surface area contributed by atoms with Crippen LogP contribution in [0.25, 0.3) is 11.3 Å². The minimum Gasteiger partial charge on any atom is -0.317 e. The van der Waals surface area contributed by atoms with E-state index in [0.29, 0.717) is 5.92 Å². The number of hydrogen-bond donors (Lipinski definition) is 1. The molecule has 1 aromatic carbocycles. The Balaban J connectivity index is 1.71. The molecule has 2 nitrogen and oxygen atoms in total. The number of aromatic nitrogens is 1. The zero-order valence-electron chi connectivity index (χ0n) is 10.6. The summed E-state index contributed by atoms with van der Waals surface area (Å²) in [5.74, 6) is 0.677. The van der Waals surface area contributed by atoms with Crippen LogP contribution in [0.3, 0.4) is 0 Å². The molecule has 1 fully saturated rings. The second-order valence-corrected chi connectivity index (χ2v) is 7.36. The maximum absolute atomic E-state index is 4.96. The molecule has 0 amide bonds. The molecule has 0 unspecified atom stereocenters. The van der Waals surface area contributed by atoms with Gasteiger partial charge in [-0.25, -0.2) is 4.98 Å². The van der Waals surface area contributed by atoms with Gasteiger partial charge < -0.3 is 5.32 Å². The maximum Gasteiger partial charge on any atom is 0.0967 e. The summed E-state index contributed by atoms with van der Waals surface area (Å²) in [4.78, 5) is 6.42. The molecular weight excluding hydrogens is 320 g/mol. The van der Waals surface area contributed by atoms with E-state index in [1.807, 2.05) is 11.3 Å². The predicted molar refractivity (Wildman–Crippen MR) is 82.9 cm³/mol. The van der Waals surface area contributed by atoms with E-state index in [0.717, 1.165) is 19.5 Å². The van der Waals surface area contributed by atoms with E-state index < -0.39 is 0 Å². The van der Waals surface area contributed by atoms with Crippen LogP contribution in [0, 0.1) is 0 Å². The van der Waals surface area contributed by atoms with Crippen molar-refractivity contribution < 1.29 is 0 Å². The molecule has 2 heterocycles. The first-order valence-corrected chi connectivity index (χ1v) is 8.41. The standard InChI is InChI=1S/C15H15BrN2S/c16-11-1-2-12-10(7-11)8-13-14(12)18-15(19-13)9-3-5-17-6-4-9/h1-2,7,9,17H,3-6,8H2. The molecule has 0 radical (unpaired) electrons. The Hall–Kier alpha value is -0.710. The highest BCUT2D eigenvalue weighted by atomic mass is 79.9. The number of piperidine rings is 1. The maximum atomic E-state index is 4.96. The van der Waals surface area contributed by atoms with Gasteiger partial charge in [-0.1, -0.05) is 22.0 Å². The van der Waals surface area contributed by atoms with E-state index in [2.05, 4.69) is 39.4 Å². The van der Waals surface area contributed by atoms with Crippen molar-refractivity contribution in [2.24, 2.45) is 0 Å². The van der Waals surface area contributed by atoms with Gasteiger partial charge in [0, 0.05) is 27.3 Å². The Bertz CT molecular complexity index is 629. The fourth-order valence-corrected chi connectivity index (χ4v) is 4.74. The number of hydrogen-bond acceptors (Lipinski definition) is 3. The van der Waals surface area contributed by atoms with Crippen LogP contribution >= 0.6 is 27.3 Å². The molecule has 0 saturated carbocycles. The Morgan fingerprint density at radius 3 is 2.95 bits per heavy atom. The van der Waals surface area contributed by atoms with Gasteiger partial charge >= 0.3 is 0 Å². The molecule has 1 saturated heterocycles. The first-order valence-electron chi connectivity index (χ1n) is 6.80. The number of nitrogens with one attached hydrogen (secondary N) is 1. The second-order valence-electron chi connectivity index (χ2n) is 5.33. The van der Waals surface area contributed by atoms with Crippen molar-refractivity contribution >= 4 is 27.3 Å². The molecule has 1 aliphatic carbocycles. The third kappa shape index (κ3) is 2.06. The fraction of sp³-hybridized carbons (Fsp3) is 0.400. The minimum absolute atomic E-state index is 0.677. The number of rotatable bonds is 1. The summed E-state index contributed by atoms with van der Waals surface area (Å²) in [7, 11) is 0. The van der Waals surface area contributed by atoms with Gasteiger partial charge in [0.2, 0.25) is 0 Å². The van der Waals surface area contributed by atoms with Gasteiger partial charge in [0.05, 0.1) is 10.7 Å². The Labute approximate surface area is 125 Å². The topological polar surface area (TPSA) is 24.9 Å². The van der Waals surface area contributed by atoms with Gasteiger partial charge in [-0.05, 0) is 43.6 Å². The summed E-state index contributed by atoms with van der Waals surface area (Å²) in [6, 6.07) is 6.56. The molecule has 1 aromatic heterocycles. The highest BCUT2D eigenvalue weighted by molar-refractivity contribution is 9.10. The molecule has 19 heavy (non-hydrogen) atoms. The van der Waals surface area contributed by atoms with Gasteiger partial charge in [-0.15, -0.1) is 11.3 Å². The molecule has 1 N–H and O–H groups in total. The van der Waals surface area contributed by atoms with Gasteiger partial charge in [0.1, 0.15) is 0 Å². The van der Waals surface area contributed by atoms with E-state index in [9.17, 15) is 0 Å². The van der Waals surface area contributed by atoms with Crippen molar-refractivity contribution in [3.05, 3.63) is 38.1 Å². The minimum atomic E-state index is 0.677. The first-order chi connectivity index (χ1) is 9.31. The largest absolute Gasteiger partial charge is 0.317 e. The van der Waals surface area contributed by atoms with E-state index in [4.69, 9.17) is 4.98 Å². The number of benzene rings is 1. The molecule has 1 aliphatic heterocycles. The van der Waals surface area contributed by atoms with Gasteiger partial charge in [0.25, 0.3) is 0 Å². The second kappa shape index (κ2) is 4.69. The average Bonchev–Trinajstić information content (AvgIpc) is 2.96. The summed E-state index contributed by atoms with van der Waals surface area (Å²) in [5.41, 5.74) is 4.01. The Morgan fingerprint density at radius 1 is 1.26 bits per heavy atom. The summed E-state index contributed by atoms with van der Waals surface area (Å²) >= 11 is 5.49. The van der Waals surface area contributed by atoms with Gasteiger partial charge in [-0.2, -0.15) is 0 Å². The molecule has 2 aromatic rings. The normalized spacial score (nSPS) is 18.4. The number of thiazole rings is 1.